The lowest BCUT2D eigenvalue weighted by Crippen LogP contribution is -2.61. The molecule has 0 aromatic heterocycles. The molecule has 0 heterocycles. The first-order chi connectivity index (χ1) is 15.6. The smallest absolute Gasteiger partial charge is 0.269 e. The van der Waals surface area contributed by atoms with Gasteiger partial charge in [-0.1, -0.05) is 11.8 Å². The zero-order valence-corrected chi connectivity index (χ0v) is 17.2. The number of nitrogens with one attached hydrogen (secondary N) is 2. The van der Waals surface area contributed by atoms with Crippen LogP contribution in [0.3, 0.4) is 0 Å². The summed E-state index contributed by atoms with van der Waals surface area (Å²) in [5.41, 5.74) is 4.86. The number of carbonyl (C=O) groups is 3. The van der Waals surface area contributed by atoms with E-state index < -0.39 is 35.8 Å². The molecule has 2 aromatic carbocycles. The molecule has 0 aliphatic heterocycles. The summed E-state index contributed by atoms with van der Waals surface area (Å²) < 4.78 is 26.1. The molecule has 0 bridgehead atoms. The van der Waals surface area contributed by atoms with Crippen molar-refractivity contribution < 1.29 is 33.5 Å². The van der Waals surface area contributed by atoms with Crippen molar-refractivity contribution in [2.75, 3.05) is 0 Å². The van der Waals surface area contributed by atoms with Crippen molar-refractivity contribution in [2.24, 2.45) is 5.73 Å². The quantitative estimate of drug-likeness (QED) is 0.249. The third kappa shape index (κ3) is 6.61. The number of alkyl halides is 2. The van der Waals surface area contributed by atoms with Gasteiger partial charge >= 0.3 is 0 Å². The molecule has 0 spiro atoms. The fourth-order valence-electron chi connectivity index (χ4n) is 2.51. The number of hydrogen-bond donors (Lipinski definition) is 5. The molecule has 0 aliphatic rings. The highest BCUT2D eigenvalue weighted by molar-refractivity contribution is 5.98. The number of amides is 3. The number of aliphatic hydroxyl groups is 1. The summed E-state index contributed by atoms with van der Waals surface area (Å²) in [4.78, 5) is 35.0. The van der Waals surface area contributed by atoms with Crippen molar-refractivity contribution in [1.82, 2.24) is 10.8 Å². The number of nitrogens with two attached hydrogens (primary N) is 1. The Morgan fingerprint density at radius 3 is 1.79 bits per heavy atom. The summed E-state index contributed by atoms with van der Waals surface area (Å²) in [5.74, 6) is 7.92. The zero-order chi connectivity index (χ0) is 24.6. The van der Waals surface area contributed by atoms with Crippen LogP contribution in [0.5, 0.6) is 0 Å². The van der Waals surface area contributed by atoms with Crippen LogP contribution in [0.25, 0.3) is 0 Å². The van der Waals surface area contributed by atoms with E-state index in [0.29, 0.717) is 23.6 Å². The molecule has 0 radical (unpaired) electrons. The monoisotopic (exact) mass is 455 g/mol. The maximum atomic E-state index is 13.1. The number of rotatable bonds is 6. The third-order valence-corrected chi connectivity index (χ3v) is 4.47. The van der Waals surface area contributed by atoms with E-state index in [1.807, 2.05) is 5.32 Å². The van der Waals surface area contributed by atoms with Crippen molar-refractivity contribution in [3.63, 3.8) is 0 Å². The van der Waals surface area contributed by atoms with Crippen LogP contribution in [0.1, 0.15) is 38.8 Å². The summed E-state index contributed by atoms with van der Waals surface area (Å²) in [6, 6.07) is 9.82. The van der Waals surface area contributed by atoms with E-state index in [-0.39, 0.29) is 5.56 Å². The first-order valence-electron chi connectivity index (χ1n) is 9.33. The van der Waals surface area contributed by atoms with Gasteiger partial charge in [0, 0.05) is 22.3 Å². The van der Waals surface area contributed by atoms with E-state index in [1.54, 1.807) is 24.3 Å². The Balaban J connectivity index is 2.09. The molecule has 0 fully saturated rings. The van der Waals surface area contributed by atoms with E-state index in [1.165, 1.54) is 24.3 Å². The molecule has 3 amide bonds. The second-order valence-corrected chi connectivity index (χ2v) is 6.93. The molecular weight excluding hydrogens is 436 g/mol. The molecule has 0 saturated carbocycles. The van der Waals surface area contributed by atoms with Gasteiger partial charge in [-0.3, -0.25) is 19.6 Å². The molecule has 8 nitrogen and oxygen atoms in total. The summed E-state index contributed by atoms with van der Waals surface area (Å²) in [5, 5.41) is 20.6. The lowest BCUT2D eigenvalue weighted by atomic mass is 9.95. The van der Waals surface area contributed by atoms with E-state index in [9.17, 15) is 28.3 Å². The summed E-state index contributed by atoms with van der Waals surface area (Å²) in [6.07, 6.45) is -3.38. The topological polar surface area (TPSA) is 142 Å². The fraction of sp³-hybridized carbons (Fsp3) is 0.174. The van der Waals surface area contributed by atoms with Gasteiger partial charge in [0.05, 0.1) is 0 Å². The van der Waals surface area contributed by atoms with Gasteiger partial charge in [0.15, 0.2) is 5.60 Å². The van der Waals surface area contributed by atoms with Crippen LogP contribution >= 0.6 is 0 Å². The normalized spacial score (nSPS) is 12.8. The predicted octanol–water partition coefficient (Wildman–Crippen LogP) is 0.809. The standard InChI is InChI=1S/C23H19F2N3O5/c1-23(32,22(24)25)18(21(31)28-33)27-20(30)17-12-8-15(9-13-17)5-3-2-4-14-6-10-16(11-7-14)19(26)29/h6-13,18,22,32-33H,1H3,(H2,26,29)(H,27,30)(H,28,31)/t18-,23?/m1/s1. The van der Waals surface area contributed by atoms with Crippen molar-refractivity contribution in [3.05, 3.63) is 70.8 Å². The second-order valence-electron chi connectivity index (χ2n) is 6.93. The lowest BCUT2D eigenvalue weighted by Gasteiger charge is -2.30. The van der Waals surface area contributed by atoms with Crippen molar-refractivity contribution >= 4 is 17.7 Å². The van der Waals surface area contributed by atoms with Gasteiger partial charge in [0.1, 0.15) is 6.04 Å². The molecule has 6 N–H and O–H groups in total. The third-order valence-electron chi connectivity index (χ3n) is 4.47. The van der Waals surface area contributed by atoms with Crippen molar-refractivity contribution in [1.29, 1.82) is 0 Å². The first kappa shape index (κ1) is 25.0. The SMILES string of the molecule is CC(O)(C(F)F)[C@H](NC(=O)c1ccc(C#CC#Cc2ccc(C(N)=O)cc2)cc1)C(=O)NO. The molecule has 1 unspecified atom stereocenters. The fourth-order valence-corrected chi connectivity index (χ4v) is 2.51. The highest BCUT2D eigenvalue weighted by Gasteiger charge is 2.46. The number of hydrogen-bond acceptors (Lipinski definition) is 5. The average molecular weight is 455 g/mol. The maximum Gasteiger partial charge on any atom is 0.269 e. The van der Waals surface area contributed by atoms with E-state index in [0.717, 1.165) is 5.48 Å². The Morgan fingerprint density at radius 1 is 0.939 bits per heavy atom. The Hall–Kier alpha value is -4.25. The van der Waals surface area contributed by atoms with Crippen molar-refractivity contribution in [2.45, 2.75) is 25.0 Å². The Morgan fingerprint density at radius 2 is 1.39 bits per heavy atom. The molecular formula is C23H19F2N3O5. The van der Waals surface area contributed by atoms with Crippen molar-refractivity contribution in [3.8, 4) is 23.7 Å². The van der Waals surface area contributed by atoms with Crippen LogP contribution in [0.4, 0.5) is 8.78 Å². The number of halogens is 2. The average Bonchev–Trinajstić information content (AvgIpc) is 2.80. The molecule has 2 atom stereocenters. The highest BCUT2D eigenvalue weighted by Crippen LogP contribution is 2.20. The zero-order valence-electron chi connectivity index (χ0n) is 17.2. The molecule has 2 rings (SSSR count). The lowest BCUT2D eigenvalue weighted by molar-refractivity contribution is -0.149. The largest absolute Gasteiger partial charge is 0.381 e. The van der Waals surface area contributed by atoms with E-state index in [4.69, 9.17) is 10.9 Å². The van der Waals surface area contributed by atoms with Crippen LogP contribution in [0.15, 0.2) is 48.5 Å². The van der Waals surface area contributed by atoms with Gasteiger partial charge in [-0.25, -0.2) is 14.3 Å². The Labute approximate surface area is 187 Å². The van der Waals surface area contributed by atoms with Gasteiger partial charge in [-0.2, -0.15) is 0 Å². The number of primary amides is 1. The van der Waals surface area contributed by atoms with Crippen LogP contribution in [0, 0.1) is 23.7 Å². The number of carbonyl (C=O) groups excluding carboxylic acids is 3. The second kappa shape index (κ2) is 10.9. The molecule has 10 heteroatoms. The minimum absolute atomic E-state index is 0.00183. The van der Waals surface area contributed by atoms with Gasteiger partial charge in [-0.15, -0.1) is 0 Å². The summed E-state index contributed by atoms with van der Waals surface area (Å²) in [7, 11) is 0. The number of hydroxylamine groups is 1. The van der Waals surface area contributed by atoms with Gasteiger partial charge in [0.2, 0.25) is 5.91 Å². The summed E-state index contributed by atoms with van der Waals surface area (Å²) >= 11 is 0. The first-order valence-corrected chi connectivity index (χ1v) is 9.33. The molecule has 170 valence electrons. The van der Waals surface area contributed by atoms with E-state index >= 15 is 0 Å². The number of benzene rings is 2. The maximum absolute atomic E-state index is 13.1. The van der Waals surface area contributed by atoms with Gasteiger partial charge in [-0.05, 0) is 67.3 Å². The van der Waals surface area contributed by atoms with Crippen LogP contribution in [-0.4, -0.2) is 46.1 Å². The van der Waals surface area contributed by atoms with Crippen LogP contribution in [-0.2, 0) is 4.79 Å². The van der Waals surface area contributed by atoms with Crippen LogP contribution in [0.2, 0.25) is 0 Å². The minimum atomic E-state index is -3.38. The molecule has 2 aromatic rings. The van der Waals surface area contributed by atoms with Gasteiger partial charge < -0.3 is 16.2 Å². The predicted molar refractivity (Wildman–Crippen MR) is 113 cm³/mol. The molecule has 0 saturated heterocycles. The minimum Gasteiger partial charge on any atom is -0.381 e. The van der Waals surface area contributed by atoms with Gasteiger partial charge in [0.25, 0.3) is 18.2 Å². The molecule has 33 heavy (non-hydrogen) atoms. The Kier molecular flexibility index (Phi) is 8.24. The van der Waals surface area contributed by atoms with E-state index in [2.05, 4.69) is 23.7 Å². The summed E-state index contributed by atoms with van der Waals surface area (Å²) in [6.45, 7) is 0.656. The highest BCUT2D eigenvalue weighted by atomic mass is 19.3. The Bertz CT molecular complexity index is 1160. The van der Waals surface area contributed by atoms with Crippen LogP contribution < -0.4 is 16.5 Å². The molecule has 0 aliphatic carbocycles.